The number of hydrogen-bond acceptors (Lipinski definition) is 5. The van der Waals surface area contributed by atoms with Crippen molar-refractivity contribution in [3.05, 3.63) is 59.9 Å². The fourth-order valence-electron chi connectivity index (χ4n) is 2.78. The molecule has 0 radical (unpaired) electrons. The minimum Gasteiger partial charge on any atom is -0.493 e. The van der Waals surface area contributed by atoms with Crippen molar-refractivity contribution in [2.75, 3.05) is 6.61 Å². The second kappa shape index (κ2) is 9.24. The molecular formula is C20H19FN4O3S. The minimum atomic E-state index is -0.469. The Kier molecular flexibility index (Phi) is 6.50. The predicted octanol–water partition coefficient (Wildman–Crippen LogP) is 4.21. The molecule has 9 heteroatoms. The van der Waals surface area contributed by atoms with Gasteiger partial charge < -0.3 is 15.2 Å². The van der Waals surface area contributed by atoms with E-state index in [-0.39, 0.29) is 35.6 Å². The van der Waals surface area contributed by atoms with Gasteiger partial charge in [0.15, 0.2) is 5.69 Å². The number of thiocarbonyl (C=S) groups is 1. The van der Waals surface area contributed by atoms with Crippen LogP contribution in [-0.2, 0) is 22.6 Å². The summed E-state index contributed by atoms with van der Waals surface area (Å²) >= 11 is 5.15. The number of carbonyl (C=O) groups is 1. The van der Waals surface area contributed by atoms with E-state index in [0.717, 1.165) is 5.56 Å². The molecule has 0 fully saturated rings. The molecule has 29 heavy (non-hydrogen) atoms. The number of para-hydroxylation sites is 1. The van der Waals surface area contributed by atoms with Gasteiger partial charge >= 0.3 is 5.97 Å². The number of nitrogens with zero attached hydrogens (tertiary/aromatic N) is 3. The number of halogens is 1. The zero-order chi connectivity index (χ0) is 20.8. The normalized spacial score (nSPS) is 11.1. The van der Waals surface area contributed by atoms with Gasteiger partial charge in [-0.2, -0.15) is 0 Å². The lowest BCUT2D eigenvalue weighted by atomic mass is 10.2. The summed E-state index contributed by atoms with van der Waals surface area (Å²) in [7, 11) is 0. The zero-order valence-electron chi connectivity index (χ0n) is 15.6. The number of hydrogen-bond donors (Lipinski definition) is 2. The molecule has 7 nitrogen and oxygen atoms in total. The molecule has 0 unspecified atom stereocenters. The van der Waals surface area contributed by atoms with Gasteiger partial charge in [0, 0.05) is 11.9 Å². The number of aromatic nitrogens is 1. The fourth-order valence-corrected chi connectivity index (χ4v) is 2.89. The van der Waals surface area contributed by atoms with Crippen LogP contribution in [0.1, 0.15) is 12.5 Å². The quantitative estimate of drug-likeness (QED) is 0.358. The van der Waals surface area contributed by atoms with Crippen LogP contribution < -0.4 is 5.32 Å². The molecular weight excluding hydrogens is 395 g/mol. The Morgan fingerprint density at radius 3 is 2.69 bits per heavy atom. The highest BCUT2D eigenvalue weighted by Crippen LogP contribution is 2.38. The molecule has 0 amide bonds. The summed E-state index contributed by atoms with van der Waals surface area (Å²) in [6.07, 6.45) is 0. The smallest absolute Gasteiger partial charge is 0.326 e. The lowest BCUT2D eigenvalue weighted by Crippen LogP contribution is -2.18. The van der Waals surface area contributed by atoms with Gasteiger partial charge in [-0.1, -0.05) is 30.3 Å². The highest BCUT2D eigenvalue weighted by molar-refractivity contribution is 7.80. The number of benzene rings is 2. The van der Waals surface area contributed by atoms with Crippen molar-refractivity contribution >= 4 is 39.9 Å². The number of rotatable bonds is 6. The van der Waals surface area contributed by atoms with Gasteiger partial charge in [0.1, 0.15) is 12.4 Å². The molecule has 150 valence electrons. The Balaban J connectivity index is 1.78. The molecule has 3 rings (SSSR count). The van der Waals surface area contributed by atoms with Crippen molar-refractivity contribution < 1.29 is 19.0 Å². The predicted molar refractivity (Wildman–Crippen MR) is 111 cm³/mol. The summed E-state index contributed by atoms with van der Waals surface area (Å²) in [4.78, 5) is 11.9. The van der Waals surface area contributed by atoms with Crippen molar-refractivity contribution in [3.8, 4) is 5.88 Å². The largest absolute Gasteiger partial charge is 0.493 e. The van der Waals surface area contributed by atoms with Gasteiger partial charge in [0.2, 0.25) is 11.0 Å². The van der Waals surface area contributed by atoms with Crippen LogP contribution in [0.15, 0.2) is 58.8 Å². The highest BCUT2D eigenvalue weighted by Gasteiger charge is 2.18. The van der Waals surface area contributed by atoms with Gasteiger partial charge in [-0.15, -0.1) is 10.2 Å². The maximum atomic E-state index is 12.9. The second-order valence-corrected chi connectivity index (χ2v) is 6.45. The molecule has 2 aromatic carbocycles. The van der Waals surface area contributed by atoms with Crippen molar-refractivity contribution in [3.63, 3.8) is 0 Å². The number of azo groups is 1. The number of nitrogens with one attached hydrogen (secondary N) is 1. The van der Waals surface area contributed by atoms with Crippen LogP contribution in [0.2, 0.25) is 0 Å². The molecule has 0 aliphatic rings. The van der Waals surface area contributed by atoms with Crippen LogP contribution in [0.3, 0.4) is 0 Å². The maximum absolute atomic E-state index is 12.9. The van der Waals surface area contributed by atoms with Crippen LogP contribution in [0.5, 0.6) is 5.88 Å². The first kappa shape index (κ1) is 20.4. The van der Waals surface area contributed by atoms with Crippen LogP contribution in [0, 0.1) is 5.82 Å². The topological polar surface area (TPSA) is 88.2 Å². The second-order valence-electron chi connectivity index (χ2n) is 6.07. The average molecular weight is 414 g/mol. The lowest BCUT2D eigenvalue weighted by Gasteiger charge is -2.06. The molecule has 1 heterocycles. The Bertz CT molecular complexity index is 1060. The summed E-state index contributed by atoms with van der Waals surface area (Å²) in [6.45, 7) is 2.17. The third-order valence-corrected chi connectivity index (χ3v) is 4.33. The first-order valence-corrected chi connectivity index (χ1v) is 9.30. The summed E-state index contributed by atoms with van der Waals surface area (Å²) in [5.41, 5.74) is 1.66. The van der Waals surface area contributed by atoms with Crippen molar-refractivity contribution in [1.82, 2.24) is 9.88 Å². The van der Waals surface area contributed by atoms with E-state index >= 15 is 0 Å². The van der Waals surface area contributed by atoms with Crippen molar-refractivity contribution in [1.29, 1.82) is 0 Å². The molecule has 0 saturated heterocycles. The van der Waals surface area contributed by atoms with E-state index in [9.17, 15) is 14.3 Å². The number of carbonyl (C=O) groups excluding carboxylic acids is 1. The molecule has 1 aromatic heterocycles. The summed E-state index contributed by atoms with van der Waals surface area (Å²) in [5.74, 6) is -0.987. The van der Waals surface area contributed by atoms with Crippen molar-refractivity contribution in [2.24, 2.45) is 10.2 Å². The van der Waals surface area contributed by atoms with E-state index in [0.29, 0.717) is 17.4 Å². The standard InChI is InChI=1S/C20H19FN4O3S/c1-2-28-17(26)12-25-16-6-4-3-5-15(16)18(19(25)27)23-24-20(29)22-11-13-7-9-14(21)10-8-13/h3-10,27H,2,11-12H2,1H3,(H,22,29). The van der Waals surface area contributed by atoms with Gasteiger partial charge in [0.05, 0.1) is 12.1 Å². The maximum Gasteiger partial charge on any atom is 0.326 e. The molecule has 0 spiro atoms. The first-order valence-electron chi connectivity index (χ1n) is 8.89. The zero-order valence-corrected chi connectivity index (χ0v) is 16.4. The number of esters is 1. The number of fused-ring (bicyclic) bond motifs is 1. The van der Waals surface area contributed by atoms with Crippen molar-refractivity contribution in [2.45, 2.75) is 20.0 Å². The molecule has 0 atom stereocenters. The fraction of sp³-hybridized carbons (Fsp3) is 0.200. The summed E-state index contributed by atoms with van der Waals surface area (Å²) in [5, 5.41) is 22.2. The third-order valence-electron chi connectivity index (χ3n) is 4.11. The Hall–Kier alpha value is -3.33. The van der Waals surface area contributed by atoms with Gasteiger partial charge in [-0.25, -0.2) is 4.39 Å². The van der Waals surface area contributed by atoms with Gasteiger partial charge in [-0.05, 0) is 42.9 Å². The first-order chi connectivity index (χ1) is 14.0. The van der Waals surface area contributed by atoms with E-state index in [1.165, 1.54) is 16.7 Å². The van der Waals surface area contributed by atoms with Crippen LogP contribution >= 0.6 is 12.2 Å². The lowest BCUT2D eigenvalue weighted by molar-refractivity contribution is -0.143. The van der Waals surface area contributed by atoms with Crippen LogP contribution in [0.25, 0.3) is 10.9 Å². The molecule has 2 N–H and O–H groups in total. The molecule has 3 aromatic rings. The Morgan fingerprint density at radius 2 is 1.97 bits per heavy atom. The van der Waals surface area contributed by atoms with Gasteiger partial charge in [0.25, 0.3) is 0 Å². The molecule has 0 aliphatic carbocycles. The number of aromatic hydroxyl groups is 1. The van der Waals surface area contributed by atoms with Crippen LogP contribution in [0.4, 0.5) is 10.1 Å². The number of ether oxygens (including phenoxy) is 1. The molecule has 0 saturated carbocycles. The summed E-state index contributed by atoms with van der Waals surface area (Å²) in [6, 6.07) is 13.1. The third kappa shape index (κ3) is 4.94. The monoisotopic (exact) mass is 414 g/mol. The van der Waals surface area contributed by atoms with Gasteiger partial charge in [-0.3, -0.25) is 9.36 Å². The van der Waals surface area contributed by atoms with E-state index in [4.69, 9.17) is 17.0 Å². The highest BCUT2D eigenvalue weighted by atomic mass is 32.1. The Labute approximate surface area is 171 Å². The van der Waals surface area contributed by atoms with E-state index in [1.807, 2.05) is 0 Å². The minimum absolute atomic E-state index is 0.107. The molecule has 0 aliphatic heterocycles. The summed E-state index contributed by atoms with van der Waals surface area (Å²) < 4.78 is 19.3. The molecule has 0 bridgehead atoms. The van der Waals surface area contributed by atoms with E-state index in [2.05, 4.69) is 15.5 Å². The SMILES string of the molecule is CCOC(=O)Cn1c(O)c(N=NC(=S)NCc2ccc(F)cc2)c2ccccc21. The average Bonchev–Trinajstić information content (AvgIpc) is 2.97. The van der Waals surface area contributed by atoms with Crippen LogP contribution in [-0.4, -0.2) is 27.4 Å². The van der Waals surface area contributed by atoms with E-state index < -0.39 is 5.97 Å². The van der Waals surface area contributed by atoms with E-state index in [1.54, 1.807) is 43.3 Å². The Morgan fingerprint density at radius 1 is 1.24 bits per heavy atom.